The molecule has 39 heavy (non-hydrogen) atoms. The van der Waals surface area contributed by atoms with Gasteiger partial charge in [0.05, 0.1) is 17.1 Å². The first-order valence-corrected chi connectivity index (χ1v) is 14.3. The molecule has 0 spiro atoms. The lowest BCUT2D eigenvalue weighted by Crippen LogP contribution is -2.53. The summed E-state index contributed by atoms with van der Waals surface area (Å²) in [5.74, 6) is 1.61. The van der Waals surface area contributed by atoms with Crippen molar-refractivity contribution in [3.05, 3.63) is 42.6 Å². The van der Waals surface area contributed by atoms with Crippen molar-refractivity contribution in [2.24, 2.45) is 5.92 Å². The SMILES string of the molecule is CC(C)(C)OC(=O)N(CC1CC1)[C@H]1C[C@@H](Oc2cc(-c3ccc(O)cc3)cc3c2cnn3C2CCCCO2)C1. The van der Waals surface area contributed by atoms with Gasteiger partial charge in [0, 0.05) is 32.0 Å². The molecule has 0 radical (unpaired) electrons. The van der Waals surface area contributed by atoms with E-state index in [0.29, 0.717) is 5.92 Å². The van der Waals surface area contributed by atoms with Crippen molar-refractivity contribution in [2.75, 3.05) is 13.2 Å². The standard InChI is InChI=1S/C31H39N3O5/c1-31(2,3)39-30(36)33(19-20-7-8-20)23-16-25(17-23)38-28-15-22(21-9-11-24(35)12-10-21)14-27-26(28)18-32-34(27)29-6-4-5-13-37-29/h9-12,14-15,18,20,23,25,29,35H,4-8,13,16-17,19H2,1-3H3/t23-,25+,29?. The summed E-state index contributed by atoms with van der Waals surface area (Å²) in [5.41, 5.74) is 2.45. The molecule has 1 aromatic heterocycles. The zero-order valence-corrected chi connectivity index (χ0v) is 23.1. The number of carbonyl (C=O) groups is 1. The second-order valence-corrected chi connectivity index (χ2v) is 12.3. The van der Waals surface area contributed by atoms with E-state index >= 15 is 0 Å². The second-order valence-electron chi connectivity index (χ2n) is 12.3. The van der Waals surface area contributed by atoms with Crippen LogP contribution in [0.3, 0.4) is 0 Å². The van der Waals surface area contributed by atoms with E-state index in [1.807, 2.05) is 48.7 Å². The van der Waals surface area contributed by atoms with Gasteiger partial charge in [-0.1, -0.05) is 12.1 Å². The van der Waals surface area contributed by atoms with Crippen LogP contribution in [0, 0.1) is 5.92 Å². The molecule has 3 aliphatic rings. The first kappa shape index (κ1) is 26.0. The van der Waals surface area contributed by atoms with Crippen molar-refractivity contribution in [1.82, 2.24) is 14.7 Å². The molecule has 208 valence electrons. The summed E-state index contributed by atoms with van der Waals surface area (Å²) >= 11 is 0. The summed E-state index contributed by atoms with van der Waals surface area (Å²) in [4.78, 5) is 14.9. The maximum absolute atomic E-state index is 13.0. The highest BCUT2D eigenvalue weighted by molar-refractivity contribution is 5.90. The van der Waals surface area contributed by atoms with E-state index < -0.39 is 5.60 Å². The molecular weight excluding hydrogens is 494 g/mol. The fraction of sp³-hybridized carbons (Fsp3) is 0.548. The Hall–Kier alpha value is -3.26. The molecule has 2 saturated carbocycles. The monoisotopic (exact) mass is 533 g/mol. The zero-order chi connectivity index (χ0) is 27.1. The smallest absolute Gasteiger partial charge is 0.410 e. The number of benzene rings is 2. The number of phenolic OH excluding ortho intramolecular Hbond substituents is 1. The number of aromatic nitrogens is 2. The van der Waals surface area contributed by atoms with E-state index in [1.54, 1.807) is 12.1 Å². The third-order valence-corrected chi connectivity index (χ3v) is 7.89. The fourth-order valence-corrected chi connectivity index (χ4v) is 5.52. The molecule has 3 fully saturated rings. The Morgan fingerprint density at radius 3 is 2.54 bits per heavy atom. The van der Waals surface area contributed by atoms with Crippen LogP contribution in [0.15, 0.2) is 42.6 Å². The van der Waals surface area contributed by atoms with Crippen LogP contribution in [0.2, 0.25) is 0 Å². The van der Waals surface area contributed by atoms with E-state index in [2.05, 4.69) is 12.1 Å². The van der Waals surface area contributed by atoms with Gasteiger partial charge in [0.25, 0.3) is 0 Å². The molecule has 2 heterocycles. The Kier molecular flexibility index (Phi) is 6.91. The molecule has 2 aromatic carbocycles. The minimum Gasteiger partial charge on any atom is -0.508 e. The van der Waals surface area contributed by atoms with Crippen LogP contribution in [-0.4, -0.2) is 56.8 Å². The first-order valence-electron chi connectivity index (χ1n) is 14.3. The minimum atomic E-state index is -0.513. The van der Waals surface area contributed by atoms with E-state index in [1.165, 1.54) is 12.8 Å². The van der Waals surface area contributed by atoms with Crippen LogP contribution >= 0.6 is 0 Å². The number of aromatic hydroxyl groups is 1. The van der Waals surface area contributed by atoms with Gasteiger partial charge in [-0.25, -0.2) is 9.48 Å². The van der Waals surface area contributed by atoms with Crippen LogP contribution in [-0.2, 0) is 9.47 Å². The second kappa shape index (κ2) is 10.4. The minimum absolute atomic E-state index is 0.00619. The lowest BCUT2D eigenvalue weighted by molar-refractivity contribution is -0.0366. The molecule has 8 heteroatoms. The van der Waals surface area contributed by atoms with Gasteiger partial charge in [0.2, 0.25) is 0 Å². The number of fused-ring (bicyclic) bond motifs is 1. The van der Waals surface area contributed by atoms with Crippen molar-refractivity contribution < 1.29 is 24.1 Å². The molecule has 1 amide bonds. The lowest BCUT2D eigenvalue weighted by Gasteiger charge is -2.43. The highest BCUT2D eigenvalue weighted by Crippen LogP contribution is 2.40. The highest BCUT2D eigenvalue weighted by atomic mass is 16.6. The molecular formula is C31H39N3O5. The zero-order valence-electron chi connectivity index (χ0n) is 23.1. The Labute approximate surface area is 229 Å². The first-order chi connectivity index (χ1) is 18.7. The van der Waals surface area contributed by atoms with Crippen LogP contribution in [0.1, 0.15) is 71.9 Å². The summed E-state index contributed by atoms with van der Waals surface area (Å²) in [6.45, 7) is 7.25. The normalized spacial score (nSPS) is 23.3. The molecule has 1 saturated heterocycles. The predicted molar refractivity (Wildman–Crippen MR) is 149 cm³/mol. The van der Waals surface area contributed by atoms with Crippen LogP contribution in [0.5, 0.6) is 11.5 Å². The van der Waals surface area contributed by atoms with Crippen molar-refractivity contribution >= 4 is 17.0 Å². The quantitative estimate of drug-likeness (QED) is 0.365. The maximum atomic E-state index is 13.0. The summed E-state index contributed by atoms with van der Waals surface area (Å²) < 4.78 is 20.4. The summed E-state index contributed by atoms with van der Waals surface area (Å²) in [5, 5.41) is 15.5. The average Bonchev–Trinajstić information content (AvgIpc) is 3.60. The van der Waals surface area contributed by atoms with Gasteiger partial charge in [0.15, 0.2) is 6.23 Å². The van der Waals surface area contributed by atoms with Crippen LogP contribution in [0.25, 0.3) is 22.0 Å². The van der Waals surface area contributed by atoms with Crippen LogP contribution in [0.4, 0.5) is 4.79 Å². The molecule has 0 bridgehead atoms. The molecule has 6 rings (SSSR count). The predicted octanol–water partition coefficient (Wildman–Crippen LogP) is 6.66. The van der Waals surface area contributed by atoms with Crippen LogP contribution < -0.4 is 4.74 Å². The number of nitrogens with zero attached hydrogens (tertiary/aromatic N) is 3. The summed E-state index contributed by atoms with van der Waals surface area (Å²) in [6.07, 6.45) is 8.62. The van der Waals surface area contributed by atoms with Crippen molar-refractivity contribution in [3.63, 3.8) is 0 Å². The molecule has 1 aliphatic heterocycles. The maximum Gasteiger partial charge on any atom is 0.410 e. The number of phenols is 1. The third kappa shape index (κ3) is 5.86. The molecule has 1 N–H and O–H groups in total. The molecule has 3 aromatic rings. The topological polar surface area (TPSA) is 86.0 Å². The summed E-state index contributed by atoms with van der Waals surface area (Å²) in [6, 6.07) is 11.5. The number of ether oxygens (including phenoxy) is 3. The number of rotatable bonds is 7. The molecule has 2 aliphatic carbocycles. The third-order valence-electron chi connectivity index (χ3n) is 7.89. The average molecular weight is 534 g/mol. The van der Waals surface area contributed by atoms with Crippen molar-refractivity contribution in [3.8, 4) is 22.6 Å². The van der Waals surface area contributed by atoms with Gasteiger partial charge in [-0.05, 0) is 94.2 Å². The van der Waals surface area contributed by atoms with E-state index in [0.717, 1.165) is 73.0 Å². The Bertz CT molecular complexity index is 1310. The fourth-order valence-electron chi connectivity index (χ4n) is 5.52. The Balaban J connectivity index is 1.24. The van der Waals surface area contributed by atoms with Gasteiger partial charge < -0.3 is 24.2 Å². The van der Waals surface area contributed by atoms with E-state index in [9.17, 15) is 9.90 Å². The number of hydrogen-bond acceptors (Lipinski definition) is 6. The van der Waals surface area contributed by atoms with Gasteiger partial charge in [-0.15, -0.1) is 0 Å². The van der Waals surface area contributed by atoms with Crippen molar-refractivity contribution in [1.29, 1.82) is 0 Å². The molecule has 1 atom stereocenters. The largest absolute Gasteiger partial charge is 0.508 e. The van der Waals surface area contributed by atoms with Gasteiger partial charge in [-0.2, -0.15) is 5.10 Å². The van der Waals surface area contributed by atoms with E-state index in [4.69, 9.17) is 19.3 Å². The Morgan fingerprint density at radius 2 is 1.87 bits per heavy atom. The molecule has 8 nitrogen and oxygen atoms in total. The lowest BCUT2D eigenvalue weighted by atomic mass is 9.87. The van der Waals surface area contributed by atoms with E-state index in [-0.39, 0.29) is 30.2 Å². The number of carbonyl (C=O) groups excluding carboxylic acids is 1. The number of amides is 1. The number of hydrogen-bond donors (Lipinski definition) is 1. The molecule has 1 unspecified atom stereocenters. The summed E-state index contributed by atoms with van der Waals surface area (Å²) in [7, 11) is 0. The Morgan fingerprint density at radius 1 is 1.10 bits per heavy atom. The highest BCUT2D eigenvalue weighted by Gasteiger charge is 2.41. The van der Waals surface area contributed by atoms with Gasteiger partial charge in [0.1, 0.15) is 23.2 Å². The van der Waals surface area contributed by atoms with Gasteiger partial charge in [-0.3, -0.25) is 0 Å². The van der Waals surface area contributed by atoms with Gasteiger partial charge >= 0.3 is 6.09 Å². The van der Waals surface area contributed by atoms with Crippen molar-refractivity contribution in [2.45, 2.75) is 89.7 Å².